The van der Waals surface area contributed by atoms with Gasteiger partial charge in [-0.25, -0.2) is 0 Å². The number of amides is 1. The molecule has 0 radical (unpaired) electrons. The fraction of sp³-hybridized carbons (Fsp3) is 0.462. The third-order valence-electron chi connectivity index (χ3n) is 3.34. The number of hydrogen-bond donors (Lipinski definition) is 3. The quantitative estimate of drug-likeness (QED) is 0.783. The Kier molecular flexibility index (Phi) is 4.24. The fourth-order valence-electron chi connectivity index (χ4n) is 2.28. The van der Waals surface area contributed by atoms with Gasteiger partial charge in [-0.1, -0.05) is 28.8 Å². The summed E-state index contributed by atoms with van der Waals surface area (Å²) >= 11 is 3.24. The first-order valence-corrected chi connectivity index (χ1v) is 6.92. The molecular formula is C13H17BrN2O2. The molecule has 0 spiro atoms. The van der Waals surface area contributed by atoms with Gasteiger partial charge in [0.25, 0.3) is 5.91 Å². The number of carbonyl (C=O) groups excluding carboxylic acids is 1. The zero-order valence-corrected chi connectivity index (χ0v) is 11.6. The molecule has 1 aliphatic carbocycles. The minimum Gasteiger partial charge on any atom is -0.507 e. The number of benzene rings is 1. The number of nitrogens with two attached hydrogens (primary N) is 1. The Balaban J connectivity index is 2.07. The maximum absolute atomic E-state index is 12.0. The average Bonchev–Trinajstić information content (AvgIpc) is 2.32. The Hall–Kier alpha value is -1.07. The maximum Gasteiger partial charge on any atom is 0.255 e. The van der Waals surface area contributed by atoms with E-state index in [1.165, 1.54) is 6.07 Å². The fourth-order valence-corrected chi connectivity index (χ4v) is 2.63. The van der Waals surface area contributed by atoms with Crippen molar-refractivity contribution in [3.8, 4) is 5.75 Å². The molecule has 0 aromatic heterocycles. The van der Waals surface area contributed by atoms with Crippen LogP contribution in [0.5, 0.6) is 5.75 Å². The van der Waals surface area contributed by atoms with E-state index in [4.69, 9.17) is 5.73 Å². The first-order chi connectivity index (χ1) is 8.58. The maximum atomic E-state index is 12.0. The lowest BCUT2D eigenvalue weighted by molar-refractivity contribution is 0.0918. The average molecular weight is 313 g/mol. The van der Waals surface area contributed by atoms with Crippen LogP contribution in [0.25, 0.3) is 0 Å². The highest BCUT2D eigenvalue weighted by molar-refractivity contribution is 9.10. The third-order valence-corrected chi connectivity index (χ3v) is 3.83. The van der Waals surface area contributed by atoms with Crippen LogP contribution in [0.3, 0.4) is 0 Å². The summed E-state index contributed by atoms with van der Waals surface area (Å²) in [5.41, 5.74) is 6.27. The van der Waals surface area contributed by atoms with Crippen molar-refractivity contribution in [2.24, 2.45) is 5.73 Å². The normalized spacial score (nSPS) is 23.7. The van der Waals surface area contributed by atoms with Gasteiger partial charge in [-0.15, -0.1) is 0 Å². The molecule has 2 unspecified atom stereocenters. The summed E-state index contributed by atoms with van der Waals surface area (Å²) in [5.74, 6) is -0.284. The first kappa shape index (κ1) is 13.4. The van der Waals surface area contributed by atoms with Crippen LogP contribution in [-0.2, 0) is 0 Å². The number of nitrogens with one attached hydrogen (secondary N) is 1. The molecule has 4 nitrogen and oxygen atoms in total. The number of halogens is 1. The summed E-state index contributed by atoms with van der Waals surface area (Å²) in [5, 5.41) is 12.6. The third kappa shape index (κ3) is 3.03. The monoisotopic (exact) mass is 312 g/mol. The molecule has 1 aromatic carbocycles. The molecule has 5 heteroatoms. The first-order valence-electron chi connectivity index (χ1n) is 6.13. The molecule has 1 aromatic rings. The van der Waals surface area contributed by atoms with Gasteiger partial charge in [0, 0.05) is 16.6 Å². The minimum atomic E-state index is -0.262. The number of phenolic OH excluding ortho intramolecular Hbond substituents is 1. The molecule has 2 rings (SSSR count). The number of carbonyl (C=O) groups is 1. The SMILES string of the molecule is NC1CCCCC1NC(=O)c1ccc(Br)cc1O. The molecule has 0 aliphatic heterocycles. The van der Waals surface area contributed by atoms with Gasteiger partial charge in [0.1, 0.15) is 5.75 Å². The van der Waals surface area contributed by atoms with E-state index in [2.05, 4.69) is 21.2 Å². The zero-order valence-electron chi connectivity index (χ0n) is 10.0. The van der Waals surface area contributed by atoms with Gasteiger partial charge in [0.2, 0.25) is 0 Å². The smallest absolute Gasteiger partial charge is 0.255 e. The summed E-state index contributed by atoms with van der Waals surface area (Å²) in [6.07, 6.45) is 4.06. The van der Waals surface area contributed by atoms with Crippen LogP contribution < -0.4 is 11.1 Å². The van der Waals surface area contributed by atoms with Gasteiger partial charge < -0.3 is 16.2 Å². The summed E-state index contributed by atoms with van der Waals surface area (Å²) in [4.78, 5) is 12.0. The second-order valence-corrected chi connectivity index (χ2v) is 5.61. The minimum absolute atomic E-state index is 0.00861. The van der Waals surface area contributed by atoms with E-state index in [9.17, 15) is 9.90 Å². The highest BCUT2D eigenvalue weighted by atomic mass is 79.9. The van der Waals surface area contributed by atoms with Crippen LogP contribution in [0.2, 0.25) is 0 Å². The van der Waals surface area contributed by atoms with Gasteiger partial charge in [-0.3, -0.25) is 4.79 Å². The summed E-state index contributed by atoms with van der Waals surface area (Å²) < 4.78 is 0.742. The van der Waals surface area contributed by atoms with E-state index in [0.29, 0.717) is 0 Å². The second kappa shape index (κ2) is 5.71. The molecule has 1 aliphatic rings. The van der Waals surface area contributed by atoms with Crippen molar-refractivity contribution in [3.63, 3.8) is 0 Å². The Morgan fingerprint density at radius 3 is 2.78 bits per heavy atom. The zero-order chi connectivity index (χ0) is 13.1. The molecule has 98 valence electrons. The molecule has 4 N–H and O–H groups in total. The molecule has 1 fully saturated rings. The molecular weight excluding hydrogens is 296 g/mol. The van der Waals surface area contributed by atoms with E-state index < -0.39 is 0 Å². The molecule has 0 heterocycles. The van der Waals surface area contributed by atoms with Crippen LogP contribution in [0.15, 0.2) is 22.7 Å². The van der Waals surface area contributed by atoms with Gasteiger partial charge in [0.15, 0.2) is 0 Å². The van der Waals surface area contributed by atoms with Gasteiger partial charge >= 0.3 is 0 Å². The second-order valence-electron chi connectivity index (χ2n) is 4.69. The highest BCUT2D eigenvalue weighted by Gasteiger charge is 2.24. The lowest BCUT2D eigenvalue weighted by atomic mass is 9.91. The van der Waals surface area contributed by atoms with Crippen LogP contribution in [-0.4, -0.2) is 23.1 Å². The molecule has 18 heavy (non-hydrogen) atoms. The van der Waals surface area contributed by atoms with E-state index in [1.54, 1.807) is 12.1 Å². The number of hydrogen-bond acceptors (Lipinski definition) is 3. The summed E-state index contributed by atoms with van der Waals surface area (Å²) in [6.45, 7) is 0. The van der Waals surface area contributed by atoms with Gasteiger partial charge in [-0.2, -0.15) is 0 Å². The van der Waals surface area contributed by atoms with E-state index in [0.717, 1.165) is 30.2 Å². The summed E-state index contributed by atoms with van der Waals surface area (Å²) in [7, 11) is 0. The number of phenols is 1. The van der Waals surface area contributed by atoms with E-state index >= 15 is 0 Å². The molecule has 1 amide bonds. The Morgan fingerprint density at radius 1 is 1.39 bits per heavy atom. The van der Waals surface area contributed by atoms with Crippen molar-refractivity contribution in [1.82, 2.24) is 5.32 Å². The van der Waals surface area contributed by atoms with Crippen LogP contribution in [0.1, 0.15) is 36.0 Å². The van der Waals surface area contributed by atoms with Crippen molar-refractivity contribution in [1.29, 1.82) is 0 Å². The van der Waals surface area contributed by atoms with Crippen LogP contribution in [0, 0.1) is 0 Å². The van der Waals surface area contributed by atoms with Crippen molar-refractivity contribution in [2.45, 2.75) is 37.8 Å². The number of aromatic hydroxyl groups is 1. The van der Waals surface area contributed by atoms with Crippen molar-refractivity contribution < 1.29 is 9.90 Å². The molecule has 0 saturated heterocycles. The van der Waals surface area contributed by atoms with Crippen molar-refractivity contribution >= 4 is 21.8 Å². The lowest BCUT2D eigenvalue weighted by Crippen LogP contribution is -2.49. The van der Waals surface area contributed by atoms with Crippen LogP contribution >= 0.6 is 15.9 Å². The summed E-state index contributed by atoms with van der Waals surface area (Å²) in [6, 6.07) is 4.86. The standard InChI is InChI=1S/C13H17BrN2O2/c14-8-5-6-9(12(17)7-8)13(18)16-11-4-2-1-3-10(11)15/h5-7,10-11,17H,1-4,15H2,(H,16,18). The largest absolute Gasteiger partial charge is 0.507 e. The molecule has 1 saturated carbocycles. The van der Waals surface area contributed by atoms with E-state index in [-0.39, 0.29) is 29.3 Å². The highest BCUT2D eigenvalue weighted by Crippen LogP contribution is 2.23. The predicted octanol–water partition coefficient (Wildman–Crippen LogP) is 2.15. The van der Waals surface area contributed by atoms with Crippen LogP contribution in [0.4, 0.5) is 0 Å². The Labute approximate surface area is 115 Å². The Bertz CT molecular complexity index is 451. The number of rotatable bonds is 2. The van der Waals surface area contributed by atoms with Gasteiger partial charge in [-0.05, 0) is 31.0 Å². The van der Waals surface area contributed by atoms with Crippen molar-refractivity contribution in [2.75, 3.05) is 0 Å². The molecule has 0 bridgehead atoms. The topological polar surface area (TPSA) is 75.3 Å². The van der Waals surface area contributed by atoms with Gasteiger partial charge in [0.05, 0.1) is 5.56 Å². The predicted molar refractivity (Wildman–Crippen MR) is 73.5 cm³/mol. The van der Waals surface area contributed by atoms with E-state index in [1.807, 2.05) is 0 Å². The lowest BCUT2D eigenvalue weighted by Gasteiger charge is -2.29. The van der Waals surface area contributed by atoms with Crippen molar-refractivity contribution in [3.05, 3.63) is 28.2 Å². The Morgan fingerprint density at radius 2 is 2.11 bits per heavy atom. The molecule has 2 atom stereocenters.